The third kappa shape index (κ3) is 3.82. The zero-order valence-electron chi connectivity index (χ0n) is 12.0. The first kappa shape index (κ1) is 15.5. The molecule has 22 heavy (non-hydrogen) atoms. The molecule has 0 fully saturated rings. The maximum Gasteiger partial charge on any atom is 0.332 e. The van der Waals surface area contributed by atoms with Gasteiger partial charge in [-0.05, 0) is 30.2 Å². The quantitative estimate of drug-likeness (QED) is 0.657. The number of nitrogens with one attached hydrogen (secondary N) is 1. The van der Waals surface area contributed by atoms with Crippen molar-refractivity contribution in [2.45, 2.75) is 13.3 Å². The Kier molecular flexibility index (Phi) is 5.08. The van der Waals surface area contributed by atoms with Crippen LogP contribution in [0.4, 0.5) is 9.18 Å². The van der Waals surface area contributed by atoms with Crippen molar-refractivity contribution < 1.29 is 13.9 Å². The number of ether oxygens (including phenoxy) is 1. The smallest absolute Gasteiger partial charge is 0.332 e. The van der Waals surface area contributed by atoms with E-state index in [1.807, 2.05) is 6.92 Å². The molecule has 2 rings (SSSR count). The van der Waals surface area contributed by atoms with E-state index < -0.39 is 6.03 Å². The maximum absolute atomic E-state index is 14.2. The summed E-state index contributed by atoms with van der Waals surface area (Å²) in [4.78, 5) is 10.6. The summed E-state index contributed by atoms with van der Waals surface area (Å²) in [7, 11) is 0. The number of halogens is 1. The second-order valence-electron chi connectivity index (χ2n) is 4.46. The molecule has 0 unspecified atom stereocenters. The van der Waals surface area contributed by atoms with E-state index in [2.05, 4.69) is 10.5 Å². The van der Waals surface area contributed by atoms with Crippen molar-refractivity contribution in [2.75, 3.05) is 0 Å². The SMILES string of the molecule is CCc1cccc(Oc2ccccc2/C=N\NC(N)=O)c1F. The van der Waals surface area contributed by atoms with Gasteiger partial charge in [0.1, 0.15) is 5.75 Å². The minimum Gasteiger partial charge on any atom is -0.454 e. The molecule has 0 heterocycles. The second-order valence-corrected chi connectivity index (χ2v) is 4.46. The van der Waals surface area contributed by atoms with Gasteiger partial charge in [-0.3, -0.25) is 0 Å². The maximum atomic E-state index is 14.2. The number of nitrogens with zero attached hydrogens (tertiary/aromatic N) is 1. The van der Waals surface area contributed by atoms with Crippen LogP contribution in [0.1, 0.15) is 18.1 Å². The summed E-state index contributed by atoms with van der Waals surface area (Å²) >= 11 is 0. The largest absolute Gasteiger partial charge is 0.454 e. The standard InChI is InChI=1S/C16H16FN3O2/c1-2-11-7-5-9-14(15(11)17)22-13-8-4-3-6-12(13)10-19-20-16(18)21/h3-10H,2H2,1H3,(H3,18,20,21)/b19-10-. The van der Waals surface area contributed by atoms with E-state index in [4.69, 9.17) is 10.5 Å². The molecular weight excluding hydrogens is 285 g/mol. The molecule has 0 aliphatic heterocycles. The normalized spacial score (nSPS) is 10.6. The average molecular weight is 301 g/mol. The molecule has 5 nitrogen and oxygen atoms in total. The van der Waals surface area contributed by atoms with Crippen molar-refractivity contribution in [1.82, 2.24) is 5.43 Å². The first-order chi connectivity index (χ1) is 10.6. The summed E-state index contributed by atoms with van der Waals surface area (Å²) < 4.78 is 19.8. The van der Waals surface area contributed by atoms with E-state index >= 15 is 0 Å². The lowest BCUT2D eigenvalue weighted by Crippen LogP contribution is -2.24. The van der Waals surface area contributed by atoms with Gasteiger partial charge in [0.05, 0.1) is 6.21 Å². The molecule has 0 aliphatic rings. The van der Waals surface area contributed by atoms with Crippen molar-refractivity contribution in [3.8, 4) is 11.5 Å². The first-order valence-electron chi connectivity index (χ1n) is 6.74. The van der Waals surface area contributed by atoms with E-state index in [-0.39, 0.29) is 11.6 Å². The van der Waals surface area contributed by atoms with E-state index in [9.17, 15) is 9.18 Å². The highest BCUT2D eigenvalue weighted by Crippen LogP contribution is 2.28. The van der Waals surface area contributed by atoms with Gasteiger partial charge in [-0.1, -0.05) is 31.2 Å². The van der Waals surface area contributed by atoms with Crippen LogP contribution in [0, 0.1) is 5.82 Å². The molecule has 114 valence electrons. The number of hydrazone groups is 1. The summed E-state index contributed by atoms with van der Waals surface area (Å²) in [5.74, 6) is 0.180. The number of carbonyl (C=O) groups is 1. The molecule has 0 spiro atoms. The minimum atomic E-state index is -0.767. The van der Waals surface area contributed by atoms with Gasteiger partial charge in [-0.2, -0.15) is 5.10 Å². The molecule has 0 saturated heterocycles. The van der Waals surface area contributed by atoms with E-state index in [0.29, 0.717) is 23.3 Å². The molecule has 2 aromatic rings. The van der Waals surface area contributed by atoms with Crippen LogP contribution in [0.15, 0.2) is 47.6 Å². The Morgan fingerprint density at radius 2 is 2.00 bits per heavy atom. The lowest BCUT2D eigenvalue weighted by molar-refractivity contribution is 0.249. The minimum absolute atomic E-state index is 0.142. The van der Waals surface area contributed by atoms with E-state index in [0.717, 1.165) is 0 Å². The van der Waals surface area contributed by atoms with Crippen molar-refractivity contribution in [3.63, 3.8) is 0 Å². The highest BCUT2D eigenvalue weighted by Gasteiger charge is 2.10. The Bertz CT molecular complexity index is 702. The number of hydrogen-bond donors (Lipinski definition) is 2. The van der Waals surface area contributed by atoms with Gasteiger partial charge in [0.25, 0.3) is 0 Å². The summed E-state index contributed by atoms with van der Waals surface area (Å²) in [6.07, 6.45) is 1.95. The summed E-state index contributed by atoms with van der Waals surface area (Å²) in [6, 6.07) is 11.2. The van der Waals surface area contributed by atoms with Gasteiger partial charge in [0.15, 0.2) is 11.6 Å². The number of carbonyl (C=O) groups excluding carboxylic acids is 1. The first-order valence-corrected chi connectivity index (χ1v) is 6.74. The highest BCUT2D eigenvalue weighted by molar-refractivity contribution is 5.84. The van der Waals surface area contributed by atoms with Crippen LogP contribution < -0.4 is 15.9 Å². The van der Waals surface area contributed by atoms with Crippen LogP contribution in [0.25, 0.3) is 0 Å². The van der Waals surface area contributed by atoms with Crippen molar-refractivity contribution in [3.05, 3.63) is 59.4 Å². The fourth-order valence-electron chi connectivity index (χ4n) is 1.87. The monoisotopic (exact) mass is 301 g/mol. The summed E-state index contributed by atoms with van der Waals surface area (Å²) in [5, 5.41) is 3.68. The van der Waals surface area contributed by atoms with E-state index in [1.165, 1.54) is 6.21 Å². The van der Waals surface area contributed by atoms with Gasteiger partial charge >= 0.3 is 6.03 Å². The number of primary amides is 1. The fraction of sp³-hybridized carbons (Fsp3) is 0.125. The van der Waals surface area contributed by atoms with Gasteiger partial charge in [0, 0.05) is 5.56 Å². The number of nitrogens with two attached hydrogens (primary N) is 1. The van der Waals surface area contributed by atoms with Crippen molar-refractivity contribution >= 4 is 12.2 Å². The molecule has 0 saturated carbocycles. The lowest BCUT2D eigenvalue weighted by atomic mass is 10.1. The lowest BCUT2D eigenvalue weighted by Gasteiger charge is -2.11. The van der Waals surface area contributed by atoms with Crippen molar-refractivity contribution in [1.29, 1.82) is 0 Å². The number of benzene rings is 2. The average Bonchev–Trinajstić information content (AvgIpc) is 2.50. The Morgan fingerprint density at radius 3 is 2.73 bits per heavy atom. The predicted octanol–water partition coefficient (Wildman–Crippen LogP) is 3.18. The fourth-order valence-corrected chi connectivity index (χ4v) is 1.87. The predicted molar refractivity (Wildman–Crippen MR) is 82.6 cm³/mol. The molecule has 0 aliphatic carbocycles. The van der Waals surface area contributed by atoms with Crippen LogP contribution in [0.3, 0.4) is 0 Å². The number of urea groups is 1. The van der Waals surface area contributed by atoms with Crippen LogP contribution in [0.2, 0.25) is 0 Å². The van der Waals surface area contributed by atoms with E-state index in [1.54, 1.807) is 42.5 Å². The molecule has 0 aromatic heterocycles. The number of hydrogen-bond acceptors (Lipinski definition) is 3. The van der Waals surface area contributed by atoms with Crippen LogP contribution in [-0.2, 0) is 6.42 Å². The summed E-state index contributed by atoms with van der Waals surface area (Å²) in [6.45, 7) is 1.87. The molecule has 2 aromatic carbocycles. The Labute approximate surface area is 127 Å². The third-order valence-corrected chi connectivity index (χ3v) is 2.94. The van der Waals surface area contributed by atoms with Gasteiger partial charge in [-0.25, -0.2) is 14.6 Å². The van der Waals surface area contributed by atoms with Gasteiger partial charge in [-0.15, -0.1) is 0 Å². The Balaban J connectivity index is 2.27. The third-order valence-electron chi connectivity index (χ3n) is 2.94. The van der Waals surface area contributed by atoms with Crippen LogP contribution in [-0.4, -0.2) is 12.2 Å². The molecule has 0 radical (unpaired) electrons. The molecule has 0 atom stereocenters. The Hall–Kier alpha value is -2.89. The molecule has 0 bridgehead atoms. The number of amides is 2. The topological polar surface area (TPSA) is 76.7 Å². The van der Waals surface area contributed by atoms with Crippen LogP contribution in [0.5, 0.6) is 11.5 Å². The van der Waals surface area contributed by atoms with Gasteiger partial charge < -0.3 is 10.5 Å². The van der Waals surface area contributed by atoms with Crippen molar-refractivity contribution in [2.24, 2.45) is 10.8 Å². The Morgan fingerprint density at radius 1 is 1.27 bits per heavy atom. The summed E-state index contributed by atoms with van der Waals surface area (Å²) in [5.41, 5.74) is 8.18. The number of aryl methyl sites for hydroxylation is 1. The number of rotatable bonds is 5. The van der Waals surface area contributed by atoms with Crippen LogP contribution >= 0.6 is 0 Å². The zero-order chi connectivity index (χ0) is 15.9. The molecule has 2 amide bonds. The highest BCUT2D eigenvalue weighted by atomic mass is 19.1. The number of para-hydroxylation sites is 1. The molecule has 6 heteroatoms. The molecular formula is C16H16FN3O2. The van der Waals surface area contributed by atoms with Gasteiger partial charge in [0.2, 0.25) is 0 Å². The zero-order valence-corrected chi connectivity index (χ0v) is 12.0. The second kappa shape index (κ2) is 7.21. The molecule has 3 N–H and O–H groups in total.